The predicted molar refractivity (Wildman–Crippen MR) is 91.2 cm³/mol. The number of hydrogen-bond donors (Lipinski definition) is 1. The Labute approximate surface area is 135 Å². The first-order valence-corrected chi connectivity index (χ1v) is 8.68. The molecule has 0 saturated carbocycles. The van der Waals surface area contributed by atoms with Gasteiger partial charge >= 0.3 is 0 Å². The fourth-order valence-electron chi connectivity index (χ4n) is 2.29. The van der Waals surface area contributed by atoms with E-state index in [1.54, 1.807) is 11.3 Å². The molecular weight excluding hydrogens is 386 g/mol. The van der Waals surface area contributed by atoms with Crippen LogP contribution in [-0.4, -0.2) is 6.54 Å². The molecule has 0 amide bonds. The summed E-state index contributed by atoms with van der Waals surface area (Å²) in [4.78, 5) is 0. The Hall–Kier alpha value is -0.160. The zero-order valence-electron chi connectivity index (χ0n) is 11.3. The maximum absolute atomic E-state index is 3.67. The van der Waals surface area contributed by atoms with Gasteiger partial charge in [-0.2, -0.15) is 0 Å². The molecular formula is C15H17Br2NS. The van der Waals surface area contributed by atoms with Crippen molar-refractivity contribution in [1.82, 2.24) is 5.32 Å². The molecule has 1 aromatic heterocycles. The van der Waals surface area contributed by atoms with Gasteiger partial charge in [-0.15, -0.1) is 11.3 Å². The third-order valence-corrected chi connectivity index (χ3v) is 5.52. The normalized spacial score (nSPS) is 12.7. The highest BCUT2D eigenvalue weighted by molar-refractivity contribution is 9.12. The van der Waals surface area contributed by atoms with Crippen molar-refractivity contribution in [3.8, 4) is 0 Å². The van der Waals surface area contributed by atoms with Crippen LogP contribution in [0.3, 0.4) is 0 Å². The lowest BCUT2D eigenvalue weighted by atomic mass is 9.95. The van der Waals surface area contributed by atoms with E-state index in [-0.39, 0.29) is 6.04 Å². The first kappa shape index (κ1) is 15.2. The van der Waals surface area contributed by atoms with Crippen LogP contribution in [-0.2, 0) is 0 Å². The summed E-state index contributed by atoms with van der Waals surface area (Å²) in [6.07, 6.45) is 0. The molecule has 0 aliphatic rings. The lowest BCUT2D eigenvalue weighted by Gasteiger charge is -2.20. The monoisotopic (exact) mass is 401 g/mol. The molecule has 2 aromatic rings. The Morgan fingerprint density at radius 3 is 2.42 bits per heavy atom. The van der Waals surface area contributed by atoms with Crippen molar-refractivity contribution in [2.45, 2.75) is 26.8 Å². The van der Waals surface area contributed by atoms with E-state index in [1.165, 1.54) is 26.0 Å². The van der Waals surface area contributed by atoms with Crippen LogP contribution in [0.25, 0.3) is 0 Å². The Morgan fingerprint density at radius 2 is 1.89 bits per heavy atom. The molecule has 2 rings (SSSR count). The van der Waals surface area contributed by atoms with Crippen LogP contribution in [0.15, 0.2) is 31.8 Å². The van der Waals surface area contributed by atoms with E-state index in [9.17, 15) is 0 Å². The van der Waals surface area contributed by atoms with Crippen LogP contribution in [0.4, 0.5) is 0 Å². The highest BCUT2D eigenvalue weighted by atomic mass is 79.9. The molecule has 0 fully saturated rings. The highest BCUT2D eigenvalue weighted by Gasteiger charge is 2.19. The number of aryl methyl sites for hydroxylation is 2. The Morgan fingerprint density at radius 1 is 1.16 bits per heavy atom. The van der Waals surface area contributed by atoms with Crippen molar-refractivity contribution >= 4 is 43.2 Å². The fraction of sp³-hybridized carbons (Fsp3) is 0.333. The van der Waals surface area contributed by atoms with Crippen LogP contribution in [0.2, 0.25) is 0 Å². The summed E-state index contributed by atoms with van der Waals surface area (Å²) in [6, 6.07) is 9.09. The molecule has 1 N–H and O–H groups in total. The molecule has 0 spiro atoms. The van der Waals surface area contributed by atoms with E-state index in [2.05, 4.69) is 82.2 Å². The first-order chi connectivity index (χ1) is 9.02. The van der Waals surface area contributed by atoms with Crippen LogP contribution < -0.4 is 5.32 Å². The summed E-state index contributed by atoms with van der Waals surface area (Å²) in [7, 11) is 0. The first-order valence-electron chi connectivity index (χ1n) is 6.28. The SMILES string of the molecule is CCNC(c1ccc(C)cc1C)c1cc(Br)sc1Br. The average molecular weight is 403 g/mol. The molecule has 1 aromatic carbocycles. The van der Waals surface area contributed by atoms with Crippen molar-refractivity contribution < 1.29 is 0 Å². The molecule has 1 nitrogen and oxygen atoms in total. The van der Waals surface area contributed by atoms with Gasteiger partial charge < -0.3 is 5.32 Å². The number of hydrogen-bond acceptors (Lipinski definition) is 2. The molecule has 1 atom stereocenters. The summed E-state index contributed by atoms with van der Waals surface area (Å²) >= 11 is 8.96. The zero-order valence-corrected chi connectivity index (χ0v) is 15.2. The Balaban J connectivity index is 2.48. The maximum Gasteiger partial charge on any atom is 0.0761 e. The van der Waals surface area contributed by atoms with Gasteiger partial charge in [-0.1, -0.05) is 30.7 Å². The smallest absolute Gasteiger partial charge is 0.0761 e. The molecule has 0 radical (unpaired) electrons. The number of thiophene rings is 1. The fourth-order valence-corrected chi connectivity index (χ4v) is 5.19. The lowest BCUT2D eigenvalue weighted by molar-refractivity contribution is 0.627. The van der Waals surface area contributed by atoms with Gasteiger partial charge in [0.15, 0.2) is 0 Å². The second kappa shape index (κ2) is 6.53. The summed E-state index contributed by atoms with van der Waals surface area (Å²) in [6.45, 7) is 7.40. The molecule has 0 aliphatic heterocycles. The summed E-state index contributed by atoms with van der Waals surface area (Å²) < 4.78 is 2.34. The Kier molecular flexibility index (Phi) is 5.23. The molecule has 1 heterocycles. The molecule has 4 heteroatoms. The Bertz CT molecular complexity index is 578. The van der Waals surface area contributed by atoms with Crippen LogP contribution in [0.1, 0.15) is 35.2 Å². The maximum atomic E-state index is 3.67. The van der Waals surface area contributed by atoms with Gasteiger partial charge in [-0.25, -0.2) is 0 Å². The van der Waals surface area contributed by atoms with Crippen LogP contribution >= 0.6 is 43.2 Å². The number of halogens is 2. The minimum atomic E-state index is 0.238. The topological polar surface area (TPSA) is 12.0 Å². The summed E-state index contributed by atoms with van der Waals surface area (Å²) in [5.41, 5.74) is 5.28. The summed E-state index contributed by atoms with van der Waals surface area (Å²) in [5.74, 6) is 0. The van der Waals surface area contributed by atoms with Gasteiger partial charge in [0.2, 0.25) is 0 Å². The van der Waals surface area contributed by atoms with Crippen molar-refractivity contribution in [3.05, 3.63) is 54.1 Å². The van der Waals surface area contributed by atoms with Crippen molar-refractivity contribution in [1.29, 1.82) is 0 Å². The van der Waals surface area contributed by atoms with Gasteiger partial charge in [0, 0.05) is 0 Å². The molecule has 102 valence electrons. The zero-order chi connectivity index (χ0) is 14.0. The standard InChI is InChI=1S/C15H17Br2NS/c1-4-18-14(12-8-13(16)19-15(12)17)11-6-5-9(2)7-10(11)3/h5-8,14,18H,4H2,1-3H3. The van der Waals surface area contributed by atoms with Gasteiger partial charge in [-0.05, 0) is 75.0 Å². The van der Waals surface area contributed by atoms with Gasteiger partial charge in [0.05, 0.1) is 13.6 Å². The van der Waals surface area contributed by atoms with E-state index in [0.29, 0.717) is 0 Å². The highest BCUT2D eigenvalue weighted by Crippen LogP contribution is 2.38. The molecule has 0 saturated heterocycles. The summed E-state index contributed by atoms with van der Waals surface area (Å²) in [5, 5.41) is 3.59. The predicted octanol–water partition coefficient (Wildman–Crippen LogP) is 5.59. The minimum Gasteiger partial charge on any atom is -0.306 e. The van der Waals surface area contributed by atoms with Gasteiger partial charge in [0.1, 0.15) is 0 Å². The van der Waals surface area contributed by atoms with E-state index >= 15 is 0 Å². The molecule has 1 unspecified atom stereocenters. The average Bonchev–Trinajstić information content (AvgIpc) is 2.66. The lowest BCUT2D eigenvalue weighted by Crippen LogP contribution is -2.22. The molecule has 0 aliphatic carbocycles. The number of nitrogens with one attached hydrogen (secondary N) is 1. The second-order valence-electron chi connectivity index (χ2n) is 4.63. The third-order valence-electron chi connectivity index (χ3n) is 3.14. The van der Waals surface area contributed by atoms with E-state index < -0.39 is 0 Å². The van der Waals surface area contributed by atoms with Gasteiger partial charge in [-0.3, -0.25) is 0 Å². The third kappa shape index (κ3) is 3.48. The van der Waals surface area contributed by atoms with E-state index in [4.69, 9.17) is 0 Å². The van der Waals surface area contributed by atoms with Crippen LogP contribution in [0.5, 0.6) is 0 Å². The largest absolute Gasteiger partial charge is 0.306 e. The quantitative estimate of drug-likeness (QED) is 0.702. The van der Waals surface area contributed by atoms with Crippen molar-refractivity contribution in [2.24, 2.45) is 0 Å². The van der Waals surface area contributed by atoms with Crippen LogP contribution in [0, 0.1) is 13.8 Å². The van der Waals surface area contributed by atoms with E-state index in [1.807, 2.05) is 0 Å². The van der Waals surface area contributed by atoms with Crippen molar-refractivity contribution in [3.63, 3.8) is 0 Å². The van der Waals surface area contributed by atoms with Gasteiger partial charge in [0.25, 0.3) is 0 Å². The van der Waals surface area contributed by atoms with E-state index in [0.717, 1.165) is 10.3 Å². The minimum absolute atomic E-state index is 0.238. The second-order valence-corrected chi connectivity index (χ2v) is 8.38. The van der Waals surface area contributed by atoms with Crippen molar-refractivity contribution in [2.75, 3.05) is 6.54 Å². The molecule has 19 heavy (non-hydrogen) atoms. The number of benzene rings is 1. The molecule has 0 bridgehead atoms. The number of rotatable bonds is 4.